The van der Waals surface area contributed by atoms with Gasteiger partial charge in [-0.1, -0.05) is 12.1 Å². The highest BCUT2D eigenvalue weighted by molar-refractivity contribution is 5.97. The number of amides is 1. The summed E-state index contributed by atoms with van der Waals surface area (Å²) in [5.41, 5.74) is 1.35. The second kappa shape index (κ2) is 6.95. The number of carbonyl (C=O) groups is 2. The van der Waals surface area contributed by atoms with Crippen molar-refractivity contribution in [1.82, 2.24) is 4.57 Å². The molecule has 1 atom stereocenters. The van der Waals surface area contributed by atoms with Crippen molar-refractivity contribution in [3.05, 3.63) is 57.9 Å². The van der Waals surface area contributed by atoms with Gasteiger partial charge in [0.05, 0.1) is 11.1 Å². The van der Waals surface area contributed by atoms with Crippen LogP contribution >= 0.6 is 0 Å². The van der Waals surface area contributed by atoms with Crippen LogP contribution in [-0.4, -0.2) is 27.5 Å². The molecular formula is C16H17N3O5. The zero-order chi connectivity index (χ0) is 17.9. The molecule has 1 N–H and O–H groups in total. The number of aryl methyl sites for hydroxylation is 2. The van der Waals surface area contributed by atoms with E-state index in [2.05, 4.69) is 5.32 Å². The molecule has 2 rings (SSSR count). The summed E-state index contributed by atoms with van der Waals surface area (Å²) in [7, 11) is 1.49. The van der Waals surface area contributed by atoms with Crippen LogP contribution in [0.15, 0.2) is 36.5 Å². The van der Waals surface area contributed by atoms with Crippen molar-refractivity contribution in [1.29, 1.82) is 0 Å². The largest absolute Gasteiger partial charge is 0.448 e. The number of nitrogens with zero attached hydrogens (tertiary/aromatic N) is 2. The van der Waals surface area contributed by atoms with Crippen molar-refractivity contribution in [3.63, 3.8) is 0 Å². The molecule has 0 saturated heterocycles. The normalized spacial score (nSPS) is 11.6. The van der Waals surface area contributed by atoms with Gasteiger partial charge in [0.25, 0.3) is 11.6 Å². The summed E-state index contributed by atoms with van der Waals surface area (Å²) in [4.78, 5) is 34.3. The van der Waals surface area contributed by atoms with Crippen molar-refractivity contribution in [2.45, 2.75) is 20.0 Å². The Bertz CT molecular complexity index is 797. The minimum absolute atomic E-state index is 0.00287. The highest BCUT2D eigenvalue weighted by Gasteiger charge is 2.23. The minimum atomic E-state index is -1.05. The van der Waals surface area contributed by atoms with Crippen molar-refractivity contribution in [2.75, 3.05) is 5.32 Å². The van der Waals surface area contributed by atoms with E-state index in [1.54, 1.807) is 18.2 Å². The lowest BCUT2D eigenvalue weighted by molar-refractivity contribution is -0.384. The molecule has 0 radical (unpaired) electrons. The summed E-state index contributed by atoms with van der Waals surface area (Å²) in [6.45, 7) is 3.32. The molecule has 1 amide bonds. The molecule has 2 aromatic rings. The van der Waals surface area contributed by atoms with Crippen LogP contribution in [0.3, 0.4) is 0 Å². The predicted molar refractivity (Wildman–Crippen MR) is 86.8 cm³/mol. The fraction of sp³-hybridized carbons (Fsp3) is 0.250. The van der Waals surface area contributed by atoms with E-state index < -0.39 is 22.9 Å². The molecule has 126 valence electrons. The maximum atomic E-state index is 12.1. The number of hydrogen-bond donors (Lipinski definition) is 1. The minimum Gasteiger partial charge on any atom is -0.448 e. The summed E-state index contributed by atoms with van der Waals surface area (Å²) < 4.78 is 6.36. The molecule has 1 unspecified atom stereocenters. The van der Waals surface area contributed by atoms with Crippen LogP contribution in [0, 0.1) is 17.0 Å². The van der Waals surface area contributed by atoms with E-state index in [9.17, 15) is 19.7 Å². The Balaban J connectivity index is 2.03. The van der Waals surface area contributed by atoms with Gasteiger partial charge in [-0.2, -0.15) is 0 Å². The van der Waals surface area contributed by atoms with E-state index in [-0.39, 0.29) is 11.4 Å². The number of benzene rings is 1. The molecule has 0 aliphatic carbocycles. The van der Waals surface area contributed by atoms with Crippen molar-refractivity contribution in [2.24, 2.45) is 7.05 Å². The Hall–Kier alpha value is -3.16. The Morgan fingerprint density at radius 3 is 2.62 bits per heavy atom. The second-order valence-corrected chi connectivity index (χ2v) is 5.36. The lowest BCUT2D eigenvalue weighted by atomic mass is 10.2. The van der Waals surface area contributed by atoms with Crippen LogP contribution in [0.2, 0.25) is 0 Å². The van der Waals surface area contributed by atoms with Crippen LogP contribution in [-0.2, 0) is 16.6 Å². The zero-order valence-corrected chi connectivity index (χ0v) is 13.5. The zero-order valence-electron chi connectivity index (χ0n) is 13.5. The summed E-state index contributed by atoms with van der Waals surface area (Å²) >= 11 is 0. The number of nitro groups is 1. The summed E-state index contributed by atoms with van der Waals surface area (Å²) in [6.07, 6.45) is 0.153. The summed E-state index contributed by atoms with van der Waals surface area (Å²) in [5, 5.41) is 13.4. The van der Waals surface area contributed by atoms with Gasteiger partial charge in [0.1, 0.15) is 5.69 Å². The SMILES string of the molecule is Cc1cccc(NC(=O)C(C)OC(=O)c2cc([N+](=O)[O-])cn2C)c1. The molecule has 0 aliphatic rings. The van der Waals surface area contributed by atoms with E-state index in [0.717, 1.165) is 11.6 Å². The van der Waals surface area contributed by atoms with E-state index in [4.69, 9.17) is 4.74 Å². The van der Waals surface area contributed by atoms with Crippen LogP contribution < -0.4 is 5.32 Å². The average molecular weight is 331 g/mol. The highest BCUT2D eigenvalue weighted by Crippen LogP contribution is 2.17. The Labute approximate surface area is 138 Å². The van der Waals surface area contributed by atoms with Gasteiger partial charge < -0.3 is 14.6 Å². The third-order valence-electron chi connectivity index (χ3n) is 3.35. The first-order valence-electron chi connectivity index (χ1n) is 7.17. The Morgan fingerprint density at radius 1 is 1.33 bits per heavy atom. The molecule has 0 saturated carbocycles. The summed E-state index contributed by atoms with van der Waals surface area (Å²) in [5.74, 6) is -1.30. The number of anilines is 1. The van der Waals surface area contributed by atoms with Crippen molar-refractivity contribution < 1.29 is 19.2 Å². The number of hydrogen-bond acceptors (Lipinski definition) is 5. The van der Waals surface area contributed by atoms with Gasteiger partial charge in [-0.05, 0) is 31.5 Å². The molecule has 24 heavy (non-hydrogen) atoms. The molecular weight excluding hydrogens is 314 g/mol. The number of esters is 1. The van der Waals surface area contributed by atoms with E-state index in [1.807, 2.05) is 13.0 Å². The molecule has 0 aliphatic heterocycles. The van der Waals surface area contributed by atoms with Crippen LogP contribution in [0.5, 0.6) is 0 Å². The molecule has 0 fully saturated rings. The topological polar surface area (TPSA) is 103 Å². The lowest BCUT2D eigenvalue weighted by Gasteiger charge is -2.14. The molecule has 0 spiro atoms. The maximum Gasteiger partial charge on any atom is 0.355 e. The molecule has 1 aromatic heterocycles. The van der Waals surface area contributed by atoms with Gasteiger partial charge in [-0.3, -0.25) is 14.9 Å². The molecule has 1 heterocycles. The first kappa shape index (κ1) is 17.2. The van der Waals surface area contributed by atoms with Crippen LogP contribution in [0.25, 0.3) is 0 Å². The van der Waals surface area contributed by atoms with Crippen LogP contribution in [0.4, 0.5) is 11.4 Å². The van der Waals surface area contributed by atoms with Crippen LogP contribution in [0.1, 0.15) is 23.0 Å². The third-order valence-corrected chi connectivity index (χ3v) is 3.35. The third kappa shape index (κ3) is 3.97. The first-order valence-corrected chi connectivity index (χ1v) is 7.17. The quantitative estimate of drug-likeness (QED) is 0.515. The maximum absolute atomic E-state index is 12.1. The fourth-order valence-electron chi connectivity index (χ4n) is 2.09. The Kier molecular flexibility index (Phi) is 4.98. The number of carbonyl (C=O) groups excluding carboxylic acids is 2. The van der Waals surface area contributed by atoms with E-state index >= 15 is 0 Å². The van der Waals surface area contributed by atoms with Gasteiger partial charge in [-0.15, -0.1) is 0 Å². The van der Waals surface area contributed by atoms with Gasteiger partial charge in [0.2, 0.25) is 0 Å². The average Bonchev–Trinajstić information content (AvgIpc) is 2.89. The highest BCUT2D eigenvalue weighted by atomic mass is 16.6. The monoisotopic (exact) mass is 331 g/mol. The fourth-order valence-corrected chi connectivity index (χ4v) is 2.09. The number of nitrogens with one attached hydrogen (secondary N) is 1. The number of aromatic nitrogens is 1. The smallest absolute Gasteiger partial charge is 0.355 e. The van der Waals surface area contributed by atoms with Gasteiger partial charge in [0, 0.05) is 18.8 Å². The van der Waals surface area contributed by atoms with Gasteiger partial charge >= 0.3 is 5.97 Å². The number of ether oxygens (including phenoxy) is 1. The first-order chi connectivity index (χ1) is 11.3. The van der Waals surface area contributed by atoms with E-state index in [0.29, 0.717) is 5.69 Å². The lowest BCUT2D eigenvalue weighted by Crippen LogP contribution is -2.30. The predicted octanol–water partition coefficient (Wildman–Crippen LogP) is 2.43. The van der Waals surface area contributed by atoms with Crippen molar-refractivity contribution in [3.8, 4) is 0 Å². The molecule has 8 heteroatoms. The molecule has 0 bridgehead atoms. The van der Waals surface area contributed by atoms with E-state index in [1.165, 1.54) is 24.7 Å². The number of rotatable bonds is 5. The van der Waals surface area contributed by atoms with Gasteiger partial charge in [-0.25, -0.2) is 4.79 Å². The van der Waals surface area contributed by atoms with Gasteiger partial charge in [0.15, 0.2) is 6.10 Å². The molecule has 8 nitrogen and oxygen atoms in total. The second-order valence-electron chi connectivity index (χ2n) is 5.36. The Morgan fingerprint density at radius 2 is 2.04 bits per heavy atom. The standard InChI is InChI=1S/C16H17N3O5/c1-10-5-4-6-12(7-10)17-15(20)11(2)24-16(21)14-8-13(19(22)23)9-18(14)3/h4-9,11H,1-3H3,(H,17,20). The summed E-state index contributed by atoms with van der Waals surface area (Å²) in [6, 6.07) is 8.30. The van der Waals surface area contributed by atoms with Crippen molar-refractivity contribution >= 4 is 23.3 Å². The molecule has 1 aromatic carbocycles.